The van der Waals surface area contributed by atoms with Gasteiger partial charge >= 0.3 is 0 Å². The maximum Gasteiger partial charge on any atom is 0.265 e. The van der Waals surface area contributed by atoms with E-state index in [0.29, 0.717) is 40.9 Å². The summed E-state index contributed by atoms with van der Waals surface area (Å²) in [6.07, 6.45) is 1.55. The third-order valence-corrected chi connectivity index (χ3v) is 5.55. The van der Waals surface area contributed by atoms with Crippen LogP contribution in [0.15, 0.2) is 66.7 Å². The van der Waals surface area contributed by atoms with Crippen molar-refractivity contribution in [2.24, 2.45) is 0 Å². The number of unbranched alkanes of at least 4 members (excludes halogenated alkanes) is 1. The Bertz CT molecular complexity index is 1150. The molecule has 0 unspecified atom stereocenters. The van der Waals surface area contributed by atoms with Crippen molar-refractivity contribution < 1.29 is 19.1 Å². The molecule has 7 heteroatoms. The van der Waals surface area contributed by atoms with Crippen LogP contribution in [0.4, 0.5) is 11.4 Å². The van der Waals surface area contributed by atoms with Crippen molar-refractivity contribution in [1.82, 2.24) is 0 Å². The van der Waals surface area contributed by atoms with Gasteiger partial charge in [0.05, 0.1) is 12.3 Å². The number of hydrogen-bond donors (Lipinski definition) is 1. The van der Waals surface area contributed by atoms with Crippen molar-refractivity contribution in [3.63, 3.8) is 0 Å². The monoisotopic (exact) mass is 464 g/mol. The molecule has 6 nitrogen and oxygen atoms in total. The summed E-state index contributed by atoms with van der Waals surface area (Å²) in [6, 6.07) is 20.0. The van der Waals surface area contributed by atoms with Gasteiger partial charge in [-0.05, 0) is 74.4 Å². The minimum absolute atomic E-state index is 0.00325. The van der Waals surface area contributed by atoms with E-state index < -0.39 is 0 Å². The standard InChI is InChI=1S/C26H25ClN2O4/c1-18-5-4-6-19(15-18)26(31)28-21-9-12-24-23(16-21)29(25(30)17-33-24)13-2-3-14-32-22-10-7-20(27)8-11-22/h4-12,15-16H,2-3,13-14,17H2,1H3,(H,28,31). The van der Waals surface area contributed by atoms with E-state index in [1.54, 1.807) is 41.3 Å². The van der Waals surface area contributed by atoms with Crippen LogP contribution in [-0.4, -0.2) is 31.6 Å². The van der Waals surface area contributed by atoms with E-state index in [1.165, 1.54) is 0 Å². The number of amides is 2. The summed E-state index contributed by atoms with van der Waals surface area (Å²) in [5.74, 6) is 1.08. The lowest BCUT2D eigenvalue weighted by molar-refractivity contribution is -0.121. The fraction of sp³-hybridized carbons (Fsp3) is 0.231. The smallest absolute Gasteiger partial charge is 0.265 e. The first-order chi connectivity index (χ1) is 16.0. The summed E-state index contributed by atoms with van der Waals surface area (Å²) in [5, 5.41) is 3.58. The fourth-order valence-corrected chi connectivity index (χ4v) is 3.73. The predicted octanol–water partition coefficient (Wildman–Crippen LogP) is 5.49. The first-order valence-corrected chi connectivity index (χ1v) is 11.2. The molecule has 0 saturated heterocycles. The first kappa shape index (κ1) is 22.7. The Hall–Kier alpha value is -3.51. The Morgan fingerprint density at radius 3 is 2.70 bits per heavy atom. The second-order valence-electron chi connectivity index (χ2n) is 7.85. The van der Waals surface area contributed by atoms with Gasteiger partial charge < -0.3 is 19.7 Å². The number of anilines is 2. The molecule has 0 radical (unpaired) electrons. The number of carbonyl (C=O) groups is 2. The van der Waals surface area contributed by atoms with Gasteiger partial charge in [0.25, 0.3) is 11.8 Å². The Morgan fingerprint density at radius 2 is 1.91 bits per heavy atom. The van der Waals surface area contributed by atoms with Gasteiger partial charge in [0, 0.05) is 22.8 Å². The number of carbonyl (C=O) groups excluding carboxylic acids is 2. The van der Waals surface area contributed by atoms with Gasteiger partial charge in [-0.1, -0.05) is 29.3 Å². The minimum atomic E-state index is -0.201. The number of ether oxygens (including phenoxy) is 2. The molecule has 33 heavy (non-hydrogen) atoms. The number of rotatable bonds is 8. The zero-order chi connectivity index (χ0) is 23.2. The Labute approximate surface area is 198 Å². The van der Waals surface area contributed by atoms with Crippen molar-refractivity contribution in [3.8, 4) is 11.5 Å². The average molecular weight is 465 g/mol. The number of halogens is 1. The molecule has 1 N–H and O–H groups in total. The second-order valence-corrected chi connectivity index (χ2v) is 8.29. The normalized spacial score (nSPS) is 12.7. The van der Waals surface area contributed by atoms with Gasteiger partial charge in [0.2, 0.25) is 0 Å². The molecule has 170 valence electrons. The van der Waals surface area contributed by atoms with E-state index in [-0.39, 0.29) is 18.4 Å². The van der Waals surface area contributed by atoms with Crippen molar-refractivity contribution in [2.75, 3.05) is 30.0 Å². The fourth-order valence-electron chi connectivity index (χ4n) is 3.61. The lowest BCUT2D eigenvalue weighted by Gasteiger charge is -2.30. The number of aryl methyl sites for hydroxylation is 1. The van der Waals surface area contributed by atoms with Crippen LogP contribution in [-0.2, 0) is 4.79 Å². The summed E-state index contributed by atoms with van der Waals surface area (Å²) in [5.41, 5.74) is 2.86. The van der Waals surface area contributed by atoms with E-state index in [1.807, 2.05) is 37.3 Å². The summed E-state index contributed by atoms with van der Waals surface area (Å²) < 4.78 is 11.3. The third-order valence-electron chi connectivity index (χ3n) is 5.30. The SMILES string of the molecule is Cc1cccc(C(=O)Nc2ccc3c(c2)N(CCCCOc2ccc(Cl)cc2)C(=O)CO3)c1. The highest BCUT2D eigenvalue weighted by molar-refractivity contribution is 6.30. The molecule has 0 saturated carbocycles. The number of nitrogens with zero attached hydrogens (tertiary/aromatic N) is 1. The molecule has 3 aromatic rings. The van der Waals surface area contributed by atoms with Gasteiger partial charge in [-0.2, -0.15) is 0 Å². The molecule has 1 heterocycles. The molecule has 1 aliphatic rings. The van der Waals surface area contributed by atoms with E-state index >= 15 is 0 Å². The Morgan fingerprint density at radius 1 is 1.09 bits per heavy atom. The van der Waals surface area contributed by atoms with Crippen LogP contribution in [0.5, 0.6) is 11.5 Å². The quantitative estimate of drug-likeness (QED) is 0.448. The highest BCUT2D eigenvalue weighted by Gasteiger charge is 2.25. The van der Waals surface area contributed by atoms with Gasteiger partial charge in [0.15, 0.2) is 6.61 Å². The average Bonchev–Trinajstić information content (AvgIpc) is 2.81. The molecule has 4 rings (SSSR count). The summed E-state index contributed by atoms with van der Waals surface area (Å²) in [6.45, 7) is 3.02. The van der Waals surface area contributed by atoms with E-state index in [2.05, 4.69) is 5.32 Å². The molecule has 0 atom stereocenters. The number of nitrogens with one attached hydrogen (secondary N) is 1. The topological polar surface area (TPSA) is 67.9 Å². The maximum atomic E-state index is 12.6. The van der Waals surface area contributed by atoms with E-state index in [0.717, 1.165) is 24.2 Å². The van der Waals surface area contributed by atoms with Crippen LogP contribution in [0.3, 0.4) is 0 Å². The van der Waals surface area contributed by atoms with Crippen LogP contribution in [0.25, 0.3) is 0 Å². The third kappa shape index (κ3) is 5.84. The molecule has 0 bridgehead atoms. The van der Waals surface area contributed by atoms with Crippen molar-refractivity contribution in [3.05, 3.63) is 82.9 Å². The zero-order valence-electron chi connectivity index (χ0n) is 18.3. The van der Waals surface area contributed by atoms with Crippen LogP contribution in [0.2, 0.25) is 5.02 Å². The summed E-state index contributed by atoms with van der Waals surface area (Å²) >= 11 is 5.89. The predicted molar refractivity (Wildman–Crippen MR) is 130 cm³/mol. The van der Waals surface area contributed by atoms with Crippen LogP contribution >= 0.6 is 11.6 Å². The van der Waals surface area contributed by atoms with E-state index in [4.69, 9.17) is 21.1 Å². The minimum Gasteiger partial charge on any atom is -0.494 e. The Kier molecular flexibility index (Phi) is 7.15. The summed E-state index contributed by atoms with van der Waals surface area (Å²) in [7, 11) is 0. The lowest BCUT2D eigenvalue weighted by atomic mass is 10.1. The van der Waals surface area contributed by atoms with Crippen molar-refractivity contribution >= 4 is 34.8 Å². The lowest BCUT2D eigenvalue weighted by Crippen LogP contribution is -2.39. The molecule has 0 aromatic heterocycles. The maximum absolute atomic E-state index is 12.6. The molecular formula is C26H25ClN2O4. The van der Waals surface area contributed by atoms with E-state index in [9.17, 15) is 9.59 Å². The molecule has 3 aromatic carbocycles. The van der Waals surface area contributed by atoms with Crippen LogP contribution < -0.4 is 19.7 Å². The highest BCUT2D eigenvalue weighted by atomic mass is 35.5. The first-order valence-electron chi connectivity index (χ1n) is 10.8. The summed E-state index contributed by atoms with van der Waals surface area (Å²) in [4.78, 5) is 26.9. The van der Waals surface area contributed by atoms with Gasteiger partial charge in [-0.15, -0.1) is 0 Å². The number of fused-ring (bicyclic) bond motifs is 1. The second kappa shape index (κ2) is 10.4. The molecule has 0 fully saturated rings. The molecule has 0 aliphatic carbocycles. The molecular weight excluding hydrogens is 440 g/mol. The van der Waals surface area contributed by atoms with Crippen LogP contribution in [0.1, 0.15) is 28.8 Å². The number of hydrogen-bond acceptors (Lipinski definition) is 4. The Balaban J connectivity index is 1.37. The van der Waals surface area contributed by atoms with Crippen LogP contribution in [0, 0.1) is 6.92 Å². The highest BCUT2D eigenvalue weighted by Crippen LogP contribution is 2.35. The largest absolute Gasteiger partial charge is 0.494 e. The zero-order valence-corrected chi connectivity index (χ0v) is 19.1. The van der Waals surface area contributed by atoms with Crippen molar-refractivity contribution in [1.29, 1.82) is 0 Å². The molecule has 0 spiro atoms. The molecule has 2 amide bonds. The molecule has 1 aliphatic heterocycles. The van der Waals surface area contributed by atoms with Crippen molar-refractivity contribution in [2.45, 2.75) is 19.8 Å². The van der Waals surface area contributed by atoms with Gasteiger partial charge in [0.1, 0.15) is 11.5 Å². The van der Waals surface area contributed by atoms with Gasteiger partial charge in [-0.25, -0.2) is 0 Å². The number of benzene rings is 3. The van der Waals surface area contributed by atoms with Gasteiger partial charge in [-0.3, -0.25) is 9.59 Å².